The van der Waals surface area contributed by atoms with Crippen LogP contribution in [-0.2, 0) is 11.3 Å². The molecule has 2 rings (SSSR count). The first-order valence-electron chi connectivity index (χ1n) is 7.93. The van der Waals surface area contributed by atoms with Crippen LogP contribution in [0.1, 0.15) is 25.0 Å². The molecule has 0 aliphatic rings. The molecule has 0 heterocycles. The number of carbonyl (C=O) groups excluding carboxylic acids is 1. The van der Waals surface area contributed by atoms with Crippen LogP contribution in [-0.4, -0.2) is 28.4 Å². The molecule has 0 radical (unpaired) electrons. The SMILES string of the molecule is CC(C)N(CC(=O)Nc1ccc(C(N)=S)cc1)Cc1ccccc1. The fourth-order valence-corrected chi connectivity index (χ4v) is 2.48. The number of anilines is 1. The predicted octanol–water partition coefficient (Wildman–Crippen LogP) is 3.17. The van der Waals surface area contributed by atoms with Gasteiger partial charge in [-0.2, -0.15) is 0 Å². The van der Waals surface area contributed by atoms with Crippen molar-refractivity contribution in [1.29, 1.82) is 0 Å². The molecule has 0 spiro atoms. The largest absolute Gasteiger partial charge is 0.389 e. The second-order valence-corrected chi connectivity index (χ2v) is 6.41. The number of nitrogens with one attached hydrogen (secondary N) is 1. The minimum absolute atomic E-state index is 0.0392. The molecule has 5 heteroatoms. The Morgan fingerprint density at radius 1 is 1.12 bits per heavy atom. The van der Waals surface area contributed by atoms with Crippen molar-refractivity contribution in [3.63, 3.8) is 0 Å². The highest BCUT2D eigenvalue weighted by atomic mass is 32.1. The van der Waals surface area contributed by atoms with Crippen LogP contribution in [0.4, 0.5) is 5.69 Å². The fourth-order valence-electron chi connectivity index (χ4n) is 2.34. The summed E-state index contributed by atoms with van der Waals surface area (Å²) in [6.07, 6.45) is 0. The lowest BCUT2D eigenvalue weighted by atomic mass is 10.2. The molecule has 0 bridgehead atoms. The number of hydrogen-bond acceptors (Lipinski definition) is 3. The Balaban J connectivity index is 1.96. The van der Waals surface area contributed by atoms with Gasteiger partial charge in [-0.25, -0.2) is 0 Å². The zero-order valence-electron chi connectivity index (χ0n) is 14.0. The molecular formula is C19H23N3OS. The molecule has 126 valence electrons. The number of carbonyl (C=O) groups is 1. The van der Waals surface area contributed by atoms with Crippen LogP contribution in [0.3, 0.4) is 0 Å². The Bertz CT molecular complexity index is 684. The van der Waals surface area contributed by atoms with Crippen molar-refractivity contribution in [2.75, 3.05) is 11.9 Å². The Morgan fingerprint density at radius 3 is 2.29 bits per heavy atom. The smallest absolute Gasteiger partial charge is 0.238 e. The van der Waals surface area contributed by atoms with Gasteiger partial charge in [0.1, 0.15) is 4.99 Å². The zero-order chi connectivity index (χ0) is 17.5. The van der Waals surface area contributed by atoms with E-state index in [9.17, 15) is 4.79 Å². The lowest BCUT2D eigenvalue weighted by molar-refractivity contribution is -0.117. The number of hydrogen-bond donors (Lipinski definition) is 2. The topological polar surface area (TPSA) is 58.4 Å². The van der Waals surface area contributed by atoms with Crippen molar-refractivity contribution in [2.24, 2.45) is 5.73 Å². The van der Waals surface area contributed by atoms with Crippen LogP contribution in [0.2, 0.25) is 0 Å². The van der Waals surface area contributed by atoms with Gasteiger partial charge in [0.25, 0.3) is 0 Å². The molecule has 0 unspecified atom stereocenters. The molecule has 1 amide bonds. The first-order valence-corrected chi connectivity index (χ1v) is 8.34. The van der Waals surface area contributed by atoms with Crippen molar-refractivity contribution in [2.45, 2.75) is 26.4 Å². The molecule has 0 saturated carbocycles. The summed E-state index contributed by atoms with van der Waals surface area (Å²) in [7, 11) is 0. The molecule has 0 aliphatic carbocycles. The van der Waals surface area contributed by atoms with Crippen molar-refractivity contribution in [3.05, 3.63) is 65.7 Å². The fraction of sp³-hybridized carbons (Fsp3) is 0.263. The van der Waals surface area contributed by atoms with E-state index in [-0.39, 0.29) is 11.9 Å². The molecule has 2 aromatic carbocycles. The zero-order valence-corrected chi connectivity index (χ0v) is 14.8. The maximum absolute atomic E-state index is 12.3. The lowest BCUT2D eigenvalue weighted by Crippen LogP contribution is -2.37. The first kappa shape index (κ1) is 18.1. The van der Waals surface area contributed by atoms with Crippen molar-refractivity contribution in [3.8, 4) is 0 Å². The molecule has 0 aromatic heterocycles. The van der Waals surface area contributed by atoms with E-state index < -0.39 is 0 Å². The summed E-state index contributed by atoms with van der Waals surface area (Å²) in [6.45, 7) is 5.26. The highest BCUT2D eigenvalue weighted by Crippen LogP contribution is 2.11. The van der Waals surface area contributed by atoms with E-state index in [4.69, 9.17) is 18.0 Å². The van der Waals surface area contributed by atoms with E-state index in [0.717, 1.165) is 17.8 Å². The average Bonchev–Trinajstić information content (AvgIpc) is 2.55. The lowest BCUT2D eigenvalue weighted by Gasteiger charge is -2.26. The summed E-state index contributed by atoms with van der Waals surface area (Å²) in [5.41, 5.74) is 8.30. The third-order valence-electron chi connectivity index (χ3n) is 3.76. The van der Waals surface area contributed by atoms with Gasteiger partial charge in [-0.05, 0) is 43.7 Å². The van der Waals surface area contributed by atoms with Gasteiger partial charge in [-0.3, -0.25) is 9.69 Å². The third kappa shape index (κ3) is 5.44. The molecule has 0 fully saturated rings. The van der Waals surface area contributed by atoms with E-state index >= 15 is 0 Å². The Morgan fingerprint density at radius 2 is 1.75 bits per heavy atom. The third-order valence-corrected chi connectivity index (χ3v) is 3.99. The van der Waals surface area contributed by atoms with Gasteiger partial charge >= 0.3 is 0 Å². The molecule has 0 aliphatic heterocycles. The van der Waals surface area contributed by atoms with Crippen LogP contribution >= 0.6 is 12.2 Å². The van der Waals surface area contributed by atoms with Crippen LogP contribution in [0, 0.1) is 0 Å². The minimum Gasteiger partial charge on any atom is -0.389 e. The van der Waals surface area contributed by atoms with Crippen molar-refractivity contribution < 1.29 is 4.79 Å². The molecule has 0 saturated heterocycles. The summed E-state index contributed by atoms with van der Waals surface area (Å²) in [5.74, 6) is -0.0392. The molecule has 2 aromatic rings. The van der Waals surface area contributed by atoms with Crippen LogP contribution in [0.25, 0.3) is 0 Å². The Labute approximate surface area is 148 Å². The van der Waals surface area contributed by atoms with Gasteiger partial charge in [0, 0.05) is 23.8 Å². The number of nitrogens with two attached hydrogens (primary N) is 1. The molecule has 24 heavy (non-hydrogen) atoms. The maximum atomic E-state index is 12.3. The Kier molecular flexibility index (Phi) is 6.46. The number of rotatable bonds is 7. The van der Waals surface area contributed by atoms with Crippen LogP contribution in [0.5, 0.6) is 0 Å². The number of thiocarbonyl (C=S) groups is 1. The van der Waals surface area contributed by atoms with E-state index in [1.165, 1.54) is 5.56 Å². The Hall–Kier alpha value is -2.24. The quantitative estimate of drug-likeness (QED) is 0.760. The maximum Gasteiger partial charge on any atom is 0.238 e. The predicted molar refractivity (Wildman–Crippen MR) is 103 cm³/mol. The summed E-state index contributed by atoms with van der Waals surface area (Å²) in [6, 6.07) is 17.7. The van der Waals surface area contributed by atoms with Crippen LogP contribution in [0.15, 0.2) is 54.6 Å². The second-order valence-electron chi connectivity index (χ2n) is 5.97. The van der Waals surface area contributed by atoms with Crippen molar-refractivity contribution >= 4 is 28.8 Å². The van der Waals surface area contributed by atoms with E-state index in [1.54, 1.807) is 0 Å². The van der Waals surface area contributed by atoms with E-state index in [1.807, 2.05) is 42.5 Å². The van der Waals surface area contributed by atoms with Gasteiger partial charge in [0.2, 0.25) is 5.91 Å². The van der Waals surface area contributed by atoms with Gasteiger partial charge < -0.3 is 11.1 Å². The molecule has 0 atom stereocenters. The van der Waals surface area contributed by atoms with E-state index in [2.05, 4.69) is 36.2 Å². The number of benzene rings is 2. The van der Waals surface area contributed by atoms with Crippen LogP contribution < -0.4 is 11.1 Å². The number of nitrogens with zero attached hydrogens (tertiary/aromatic N) is 1. The highest BCUT2D eigenvalue weighted by molar-refractivity contribution is 7.80. The number of amides is 1. The van der Waals surface area contributed by atoms with Gasteiger partial charge in [0.05, 0.1) is 6.54 Å². The summed E-state index contributed by atoms with van der Waals surface area (Å²) < 4.78 is 0. The van der Waals surface area contributed by atoms with Gasteiger partial charge in [-0.15, -0.1) is 0 Å². The average molecular weight is 341 g/mol. The molecule has 3 N–H and O–H groups in total. The minimum atomic E-state index is -0.0392. The molecular weight excluding hydrogens is 318 g/mol. The summed E-state index contributed by atoms with van der Waals surface area (Å²) in [5, 5.41) is 2.91. The van der Waals surface area contributed by atoms with Gasteiger partial charge in [-0.1, -0.05) is 42.5 Å². The normalized spacial score (nSPS) is 10.8. The monoisotopic (exact) mass is 341 g/mol. The molecule has 4 nitrogen and oxygen atoms in total. The summed E-state index contributed by atoms with van der Waals surface area (Å²) >= 11 is 4.92. The summed E-state index contributed by atoms with van der Waals surface area (Å²) in [4.78, 5) is 14.8. The second kappa shape index (κ2) is 8.57. The van der Waals surface area contributed by atoms with Gasteiger partial charge in [0.15, 0.2) is 0 Å². The first-order chi connectivity index (χ1) is 11.5. The highest BCUT2D eigenvalue weighted by Gasteiger charge is 2.14. The van der Waals surface area contributed by atoms with Crippen molar-refractivity contribution in [1.82, 2.24) is 4.90 Å². The van der Waals surface area contributed by atoms with E-state index in [0.29, 0.717) is 11.5 Å². The standard InChI is InChI=1S/C19H23N3OS/c1-14(2)22(12-15-6-4-3-5-7-15)13-18(23)21-17-10-8-16(9-11-17)19(20)24/h3-11,14H,12-13H2,1-2H3,(H2,20,24)(H,21,23).